The molecule has 39 heavy (non-hydrogen) atoms. The van der Waals surface area contributed by atoms with Gasteiger partial charge in [-0.25, -0.2) is 4.39 Å². The van der Waals surface area contributed by atoms with Crippen molar-refractivity contribution >= 4 is 17.7 Å². The van der Waals surface area contributed by atoms with Crippen molar-refractivity contribution in [3.8, 4) is 5.75 Å². The molecule has 1 aromatic heterocycles. The van der Waals surface area contributed by atoms with Crippen LogP contribution in [0.2, 0.25) is 0 Å². The summed E-state index contributed by atoms with van der Waals surface area (Å²) < 4.78 is 28.2. The van der Waals surface area contributed by atoms with Crippen LogP contribution >= 0.6 is 11.8 Å². The number of benzene rings is 2. The first kappa shape index (κ1) is 26.0. The van der Waals surface area contributed by atoms with Crippen molar-refractivity contribution in [3.05, 3.63) is 93.2 Å². The van der Waals surface area contributed by atoms with Gasteiger partial charge in [0, 0.05) is 29.5 Å². The van der Waals surface area contributed by atoms with Gasteiger partial charge in [0.05, 0.1) is 25.9 Å². The highest BCUT2D eigenvalue weighted by Crippen LogP contribution is 2.44. The number of rotatable bonds is 7. The number of hydrogen-bond acceptors (Lipinski definition) is 6. The molecule has 0 unspecified atom stereocenters. The first-order valence-electron chi connectivity index (χ1n) is 13.6. The molecule has 1 saturated heterocycles. The van der Waals surface area contributed by atoms with Crippen LogP contribution in [-0.2, 0) is 10.5 Å². The summed E-state index contributed by atoms with van der Waals surface area (Å²) in [5, 5.41) is 2.11. The lowest BCUT2D eigenvalue weighted by atomic mass is 9.93. The molecule has 0 radical (unpaired) electrons. The number of aromatic nitrogens is 1. The van der Waals surface area contributed by atoms with E-state index in [0.29, 0.717) is 32.1 Å². The summed E-state index contributed by atoms with van der Waals surface area (Å²) in [5.74, 6) is 0.195. The van der Waals surface area contributed by atoms with Gasteiger partial charge in [0.15, 0.2) is 11.4 Å². The first-order chi connectivity index (χ1) is 19.1. The standard InChI is InChI=1S/C30H32FN3O4S/c1-2-3-4-7-15-38-29-24(35)12-13-33-28(29)30(36)32-14-16-37-18-26(32)34(33)27-22-11-10-21(31)17-20(22)19-39-25-9-6-5-8-23(25)27/h5-6,8-13,17,26-27H,2-4,7,14-16,18-19H2,1H3/t26-,27+/m1/s1. The number of unbranched alkanes of at least 4 members (excludes halogenated alkanes) is 3. The molecular weight excluding hydrogens is 517 g/mol. The summed E-state index contributed by atoms with van der Waals surface area (Å²) in [5.41, 5.74) is 2.83. The van der Waals surface area contributed by atoms with E-state index in [9.17, 15) is 14.0 Å². The minimum atomic E-state index is -0.419. The zero-order valence-electron chi connectivity index (χ0n) is 22.0. The van der Waals surface area contributed by atoms with Gasteiger partial charge in [0.1, 0.15) is 12.0 Å². The van der Waals surface area contributed by atoms with Gasteiger partial charge in [-0.3, -0.25) is 19.3 Å². The highest BCUT2D eigenvalue weighted by atomic mass is 32.2. The van der Waals surface area contributed by atoms with Crippen LogP contribution in [0, 0.1) is 5.82 Å². The molecular formula is C30H32FN3O4S. The van der Waals surface area contributed by atoms with E-state index in [1.54, 1.807) is 33.6 Å². The Morgan fingerprint density at radius 1 is 1.08 bits per heavy atom. The molecule has 1 fully saturated rings. The number of amides is 1. The van der Waals surface area contributed by atoms with Gasteiger partial charge < -0.3 is 14.4 Å². The van der Waals surface area contributed by atoms with Crippen molar-refractivity contribution in [1.82, 2.24) is 9.58 Å². The van der Waals surface area contributed by atoms with Crippen LogP contribution in [0.5, 0.6) is 5.75 Å². The summed E-state index contributed by atoms with van der Waals surface area (Å²) in [6, 6.07) is 14.2. The van der Waals surface area contributed by atoms with Crippen molar-refractivity contribution in [2.75, 3.05) is 31.4 Å². The molecule has 3 aromatic rings. The average molecular weight is 550 g/mol. The van der Waals surface area contributed by atoms with E-state index in [1.807, 2.05) is 18.2 Å². The first-order valence-corrected chi connectivity index (χ1v) is 14.6. The number of hydrogen-bond donors (Lipinski definition) is 0. The van der Waals surface area contributed by atoms with Crippen molar-refractivity contribution in [2.24, 2.45) is 0 Å². The van der Waals surface area contributed by atoms with Crippen LogP contribution in [0.25, 0.3) is 0 Å². The maximum atomic E-state index is 14.4. The normalized spacial score (nSPS) is 20.0. The molecule has 0 N–H and O–H groups in total. The fourth-order valence-electron chi connectivity index (χ4n) is 5.77. The van der Waals surface area contributed by atoms with E-state index in [2.05, 4.69) is 24.1 Å². The smallest absolute Gasteiger partial charge is 0.278 e. The Kier molecular flexibility index (Phi) is 7.36. The van der Waals surface area contributed by atoms with E-state index < -0.39 is 6.17 Å². The minimum Gasteiger partial charge on any atom is -0.487 e. The number of fused-ring (bicyclic) bond motifs is 4. The summed E-state index contributed by atoms with van der Waals surface area (Å²) in [6.45, 7) is 3.64. The molecule has 6 rings (SSSR count). The Balaban J connectivity index is 1.53. The number of ether oxygens (including phenoxy) is 2. The van der Waals surface area contributed by atoms with Crippen molar-refractivity contribution in [1.29, 1.82) is 0 Å². The Hall–Kier alpha value is -3.30. The molecule has 2 aromatic carbocycles. The van der Waals surface area contributed by atoms with Crippen LogP contribution < -0.4 is 15.2 Å². The minimum absolute atomic E-state index is 0.0875. The molecule has 0 aliphatic carbocycles. The number of carbonyl (C=O) groups excluding carboxylic acids is 1. The molecule has 0 bridgehead atoms. The molecule has 3 aliphatic rings. The van der Waals surface area contributed by atoms with Crippen molar-refractivity contribution in [3.63, 3.8) is 0 Å². The lowest BCUT2D eigenvalue weighted by molar-refractivity contribution is -0.0198. The van der Waals surface area contributed by atoms with Crippen LogP contribution in [0.3, 0.4) is 0 Å². The Labute approximate surface area is 231 Å². The quantitative estimate of drug-likeness (QED) is 0.383. The molecule has 2 atom stereocenters. The van der Waals surface area contributed by atoms with E-state index in [0.717, 1.165) is 47.3 Å². The Morgan fingerprint density at radius 3 is 2.82 bits per heavy atom. The van der Waals surface area contributed by atoms with Crippen LogP contribution in [0.1, 0.15) is 65.8 Å². The van der Waals surface area contributed by atoms with Gasteiger partial charge in [-0.1, -0.05) is 50.5 Å². The summed E-state index contributed by atoms with van der Waals surface area (Å²) in [4.78, 5) is 29.9. The third-order valence-corrected chi connectivity index (χ3v) is 8.80. The second-order valence-electron chi connectivity index (χ2n) is 10.1. The van der Waals surface area contributed by atoms with Crippen LogP contribution in [0.4, 0.5) is 4.39 Å². The van der Waals surface area contributed by atoms with Gasteiger partial charge in [-0.15, -0.1) is 11.8 Å². The van der Waals surface area contributed by atoms with Crippen LogP contribution in [0.15, 0.2) is 64.4 Å². The van der Waals surface area contributed by atoms with Gasteiger partial charge in [0.25, 0.3) is 5.91 Å². The second-order valence-corrected chi connectivity index (χ2v) is 11.1. The van der Waals surface area contributed by atoms with Gasteiger partial charge in [-0.2, -0.15) is 0 Å². The summed E-state index contributed by atoms with van der Waals surface area (Å²) >= 11 is 1.67. The van der Waals surface area contributed by atoms with Crippen LogP contribution in [-0.4, -0.2) is 48.0 Å². The predicted octanol–water partition coefficient (Wildman–Crippen LogP) is 5.09. The number of morpholine rings is 1. The second kappa shape index (κ2) is 11.1. The Bertz CT molecular complexity index is 1440. The zero-order valence-corrected chi connectivity index (χ0v) is 22.8. The number of pyridine rings is 1. The van der Waals surface area contributed by atoms with Gasteiger partial charge in [0.2, 0.25) is 5.43 Å². The summed E-state index contributed by atoms with van der Waals surface area (Å²) in [6.07, 6.45) is 5.25. The molecule has 9 heteroatoms. The number of halogens is 1. The van der Waals surface area contributed by atoms with Crippen molar-refractivity contribution in [2.45, 2.75) is 55.5 Å². The lowest BCUT2D eigenvalue weighted by Crippen LogP contribution is -2.66. The highest BCUT2D eigenvalue weighted by molar-refractivity contribution is 7.98. The molecule has 4 heterocycles. The molecule has 1 amide bonds. The fourth-order valence-corrected chi connectivity index (χ4v) is 6.86. The maximum Gasteiger partial charge on any atom is 0.278 e. The van der Waals surface area contributed by atoms with E-state index >= 15 is 0 Å². The van der Waals surface area contributed by atoms with Gasteiger partial charge >= 0.3 is 0 Å². The number of carbonyl (C=O) groups is 1. The molecule has 7 nitrogen and oxygen atoms in total. The lowest BCUT2D eigenvalue weighted by Gasteiger charge is -2.51. The molecule has 0 saturated carbocycles. The van der Waals surface area contributed by atoms with E-state index in [4.69, 9.17) is 9.47 Å². The molecule has 0 spiro atoms. The van der Waals surface area contributed by atoms with Crippen molar-refractivity contribution < 1.29 is 18.7 Å². The third-order valence-electron chi connectivity index (χ3n) is 7.66. The number of thioether (sulfide) groups is 1. The predicted molar refractivity (Wildman–Crippen MR) is 148 cm³/mol. The Morgan fingerprint density at radius 2 is 1.95 bits per heavy atom. The topological polar surface area (TPSA) is 64.0 Å². The third kappa shape index (κ3) is 4.72. The molecule has 3 aliphatic heterocycles. The largest absolute Gasteiger partial charge is 0.487 e. The highest BCUT2D eigenvalue weighted by Gasteiger charge is 2.46. The fraction of sp³-hybridized carbons (Fsp3) is 0.400. The van der Waals surface area contributed by atoms with E-state index in [1.165, 1.54) is 12.1 Å². The monoisotopic (exact) mass is 549 g/mol. The zero-order chi connectivity index (χ0) is 26.9. The van der Waals surface area contributed by atoms with Gasteiger partial charge in [-0.05, 0) is 41.3 Å². The average Bonchev–Trinajstić information content (AvgIpc) is 3.11. The number of nitrogens with zero attached hydrogens (tertiary/aromatic N) is 3. The van der Waals surface area contributed by atoms with E-state index in [-0.39, 0.29) is 34.6 Å². The maximum absolute atomic E-state index is 14.4. The summed E-state index contributed by atoms with van der Waals surface area (Å²) in [7, 11) is 0. The SMILES string of the molecule is CCCCCCOc1c2n(ccc1=O)N([C@H]1c3ccc(F)cc3CSc3ccccc31)[C@@H]1COCCN1C2=O. The molecule has 204 valence electrons.